The van der Waals surface area contributed by atoms with Crippen LogP contribution in [0.25, 0.3) is 0 Å². The van der Waals surface area contributed by atoms with Crippen molar-refractivity contribution in [2.45, 2.75) is 31.4 Å². The summed E-state index contributed by atoms with van der Waals surface area (Å²) in [6, 6.07) is 19.3. The second-order valence-electron chi connectivity index (χ2n) is 5.51. The molecule has 0 bridgehead atoms. The lowest BCUT2D eigenvalue weighted by atomic mass is 10.1. The molecule has 1 heterocycles. The predicted octanol–water partition coefficient (Wildman–Crippen LogP) is 3.71. The molecule has 2 aromatic carbocycles. The van der Waals surface area contributed by atoms with Gasteiger partial charge in [0.25, 0.3) is 0 Å². The Morgan fingerprint density at radius 2 is 1.75 bits per heavy atom. The fourth-order valence-electron chi connectivity index (χ4n) is 3.18. The van der Waals surface area contributed by atoms with Crippen LogP contribution in [0.4, 0.5) is 0 Å². The molecule has 2 nitrogen and oxygen atoms in total. The van der Waals surface area contributed by atoms with Crippen molar-refractivity contribution < 1.29 is 4.74 Å². The van der Waals surface area contributed by atoms with E-state index in [4.69, 9.17) is 9.73 Å². The van der Waals surface area contributed by atoms with E-state index in [1.54, 1.807) is 0 Å². The fourth-order valence-corrected chi connectivity index (χ4v) is 3.18. The number of nitrogens with zero attached hydrogens (tertiary/aromatic N) is 1. The predicted molar refractivity (Wildman–Crippen MR) is 80.0 cm³/mol. The number of hydrogen-bond donors (Lipinski definition) is 0. The van der Waals surface area contributed by atoms with E-state index in [9.17, 15) is 0 Å². The van der Waals surface area contributed by atoms with Crippen molar-refractivity contribution in [3.8, 4) is 0 Å². The van der Waals surface area contributed by atoms with Crippen molar-refractivity contribution in [1.29, 1.82) is 0 Å². The van der Waals surface area contributed by atoms with Crippen LogP contribution in [0.15, 0.2) is 59.6 Å². The quantitative estimate of drug-likeness (QED) is 0.827. The molecule has 20 heavy (non-hydrogen) atoms. The van der Waals surface area contributed by atoms with Crippen LogP contribution >= 0.6 is 0 Å². The van der Waals surface area contributed by atoms with Crippen LogP contribution in [0, 0.1) is 0 Å². The van der Waals surface area contributed by atoms with Crippen molar-refractivity contribution in [1.82, 2.24) is 0 Å². The molecule has 1 aliphatic carbocycles. The third kappa shape index (κ3) is 2.01. The number of benzene rings is 2. The number of ether oxygens (including phenoxy) is 1. The van der Waals surface area contributed by atoms with E-state index < -0.39 is 0 Å². The van der Waals surface area contributed by atoms with E-state index in [-0.39, 0.29) is 12.1 Å². The lowest BCUT2D eigenvalue weighted by Gasteiger charge is -2.08. The molecule has 0 spiro atoms. The van der Waals surface area contributed by atoms with E-state index in [1.165, 1.54) is 16.7 Å². The first kappa shape index (κ1) is 11.7. The topological polar surface area (TPSA) is 21.6 Å². The molecule has 0 saturated carbocycles. The van der Waals surface area contributed by atoms with Gasteiger partial charge in [0, 0.05) is 12.8 Å². The first-order valence-corrected chi connectivity index (χ1v) is 7.25. The Hall–Kier alpha value is -2.09. The maximum Gasteiger partial charge on any atom is 0.184 e. The Morgan fingerprint density at radius 1 is 0.950 bits per heavy atom. The summed E-state index contributed by atoms with van der Waals surface area (Å²) in [6.45, 7) is 0. The Labute approximate surface area is 119 Å². The van der Waals surface area contributed by atoms with Gasteiger partial charge in [0.1, 0.15) is 12.1 Å². The van der Waals surface area contributed by atoms with E-state index in [0.29, 0.717) is 0 Å². The Morgan fingerprint density at radius 3 is 2.65 bits per heavy atom. The van der Waals surface area contributed by atoms with Crippen LogP contribution in [0.3, 0.4) is 0 Å². The molecule has 1 aliphatic heterocycles. The molecule has 0 aromatic heterocycles. The molecule has 2 aliphatic rings. The first-order chi connectivity index (χ1) is 9.90. The molecule has 100 valence electrons. The minimum Gasteiger partial charge on any atom is -0.475 e. The number of rotatable bonds is 3. The smallest absolute Gasteiger partial charge is 0.184 e. The van der Waals surface area contributed by atoms with Crippen LogP contribution in [0.2, 0.25) is 0 Å². The molecule has 0 saturated heterocycles. The number of aliphatic imine (C=N–C) groups is 1. The van der Waals surface area contributed by atoms with Gasteiger partial charge in [0.05, 0.1) is 0 Å². The van der Waals surface area contributed by atoms with Crippen molar-refractivity contribution in [2.75, 3.05) is 0 Å². The molecule has 4 rings (SSSR count). The zero-order valence-corrected chi connectivity index (χ0v) is 11.3. The highest BCUT2D eigenvalue weighted by Crippen LogP contribution is 2.40. The van der Waals surface area contributed by atoms with Gasteiger partial charge in [-0.25, -0.2) is 4.99 Å². The van der Waals surface area contributed by atoms with Crippen molar-refractivity contribution in [2.24, 2.45) is 4.99 Å². The number of hydrogen-bond acceptors (Lipinski definition) is 2. The second-order valence-corrected chi connectivity index (χ2v) is 5.51. The van der Waals surface area contributed by atoms with Gasteiger partial charge in [-0.1, -0.05) is 54.6 Å². The average Bonchev–Trinajstić information content (AvgIpc) is 3.03. The lowest BCUT2D eigenvalue weighted by molar-refractivity contribution is 0.201. The summed E-state index contributed by atoms with van der Waals surface area (Å²) in [5, 5.41) is 0. The van der Waals surface area contributed by atoms with Crippen LogP contribution in [-0.4, -0.2) is 12.0 Å². The molecular formula is C18H17NO. The molecular weight excluding hydrogens is 246 g/mol. The monoisotopic (exact) mass is 263 g/mol. The maximum absolute atomic E-state index is 6.04. The Balaban J connectivity index is 1.48. The summed E-state index contributed by atoms with van der Waals surface area (Å²) in [4.78, 5) is 4.80. The van der Waals surface area contributed by atoms with Crippen molar-refractivity contribution in [3.63, 3.8) is 0 Å². The third-order valence-corrected chi connectivity index (χ3v) is 4.19. The van der Waals surface area contributed by atoms with Crippen LogP contribution in [0.5, 0.6) is 0 Å². The highest BCUT2D eigenvalue weighted by molar-refractivity contribution is 5.79. The highest BCUT2D eigenvalue weighted by Gasteiger charge is 2.38. The zero-order chi connectivity index (χ0) is 13.4. The molecule has 0 unspecified atom stereocenters. The summed E-state index contributed by atoms with van der Waals surface area (Å²) < 4.78 is 6.04. The summed E-state index contributed by atoms with van der Waals surface area (Å²) in [7, 11) is 0. The Bertz CT molecular complexity index is 647. The molecule has 2 heteroatoms. The van der Waals surface area contributed by atoms with Gasteiger partial charge in [0.2, 0.25) is 0 Å². The largest absolute Gasteiger partial charge is 0.475 e. The van der Waals surface area contributed by atoms with Gasteiger partial charge in [-0.2, -0.15) is 0 Å². The first-order valence-electron chi connectivity index (χ1n) is 7.25. The van der Waals surface area contributed by atoms with Gasteiger partial charge in [0.15, 0.2) is 5.90 Å². The summed E-state index contributed by atoms with van der Waals surface area (Å²) in [6.07, 6.45) is 3.14. The van der Waals surface area contributed by atoms with E-state index in [1.807, 2.05) is 0 Å². The standard InChI is InChI=1S/C18H17NO/c1-2-6-13(7-3-1)10-11-17-19-18-15-9-5-4-8-14(15)12-16(18)20-17/h1-9,16,18H,10-12H2/t16-,18+/m1/s1. The molecule has 0 amide bonds. The highest BCUT2D eigenvalue weighted by atomic mass is 16.5. The van der Waals surface area contributed by atoms with Crippen molar-refractivity contribution in [3.05, 3.63) is 71.3 Å². The third-order valence-electron chi connectivity index (χ3n) is 4.19. The Kier molecular flexibility index (Phi) is 2.80. The molecule has 2 atom stereocenters. The summed E-state index contributed by atoms with van der Waals surface area (Å²) >= 11 is 0. The van der Waals surface area contributed by atoms with E-state index in [2.05, 4.69) is 54.6 Å². The van der Waals surface area contributed by atoms with Gasteiger partial charge in [-0.05, 0) is 23.1 Å². The van der Waals surface area contributed by atoms with Gasteiger partial charge >= 0.3 is 0 Å². The maximum atomic E-state index is 6.04. The number of fused-ring (bicyclic) bond motifs is 3. The van der Waals surface area contributed by atoms with Crippen LogP contribution in [0.1, 0.15) is 29.2 Å². The lowest BCUT2D eigenvalue weighted by Crippen LogP contribution is -2.13. The van der Waals surface area contributed by atoms with Gasteiger partial charge in [-0.3, -0.25) is 0 Å². The average molecular weight is 263 g/mol. The van der Waals surface area contributed by atoms with Crippen molar-refractivity contribution >= 4 is 5.90 Å². The minimum absolute atomic E-state index is 0.233. The van der Waals surface area contributed by atoms with Gasteiger partial charge < -0.3 is 4.74 Å². The molecule has 0 radical (unpaired) electrons. The second kappa shape index (κ2) is 4.78. The molecule has 2 aromatic rings. The van der Waals surface area contributed by atoms with E-state index >= 15 is 0 Å². The minimum atomic E-state index is 0.233. The summed E-state index contributed by atoms with van der Waals surface area (Å²) in [5.74, 6) is 0.929. The summed E-state index contributed by atoms with van der Waals surface area (Å²) in [5.41, 5.74) is 4.09. The van der Waals surface area contributed by atoms with Crippen LogP contribution < -0.4 is 0 Å². The SMILES string of the molecule is c1ccc(CCC2=N[C@H]3c4ccccc4C[C@H]3O2)cc1. The normalized spacial score (nSPS) is 22.9. The molecule has 0 fully saturated rings. The van der Waals surface area contributed by atoms with Gasteiger partial charge in [-0.15, -0.1) is 0 Å². The number of aryl methyl sites for hydroxylation is 1. The molecule has 0 N–H and O–H groups in total. The zero-order valence-electron chi connectivity index (χ0n) is 11.3. The van der Waals surface area contributed by atoms with E-state index in [0.717, 1.165) is 25.2 Å². The van der Waals surface area contributed by atoms with Crippen LogP contribution in [-0.2, 0) is 17.6 Å². The fraction of sp³-hybridized carbons (Fsp3) is 0.278.